The van der Waals surface area contributed by atoms with Crippen molar-refractivity contribution in [2.45, 2.75) is 6.54 Å². The molecular formula is C15H12BrN3. The van der Waals surface area contributed by atoms with Crippen LogP contribution < -0.4 is 5.32 Å². The van der Waals surface area contributed by atoms with Gasteiger partial charge in [0.1, 0.15) is 6.33 Å². The first-order chi connectivity index (χ1) is 9.31. The highest BCUT2D eigenvalue weighted by molar-refractivity contribution is 9.10. The van der Waals surface area contributed by atoms with E-state index in [1.54, 1.807) is 0 Å². The highest BCUT2D eigenvalue weighted by Gasteiger charge is 1.98. The average Bonchev–Trinajstić information content (AvgIpc) is 2.46. The van der Waals surface area contributed by atoms with Crippen molar-refractivity contribution >= 4 is 32.4 Å². The highest BCUT2D eigenvalue weighted by atomic mass is 79.9. The Kier molecular flexibility index (Phi) is 3.42. The molecule has 1 N–H and O–H groups in total. The molecule has 0 atom stereocenters. The van der Waals surface area contributed by atoms with E-state index in [1.807, 2.05) is 12.4 Å². The number of rotatable bonds is 3. The number of benzene rings is 2. The van der Waals surface area contributed by atoms with Crippen molar-refractivity contribution in [3.05, 3.63) is 65.2 Å². The molecule has 3 rings (SSSR count). The maximum Gasteiger partial charge on any atom is 0.115 e. The van der Waals surface area contributed by atoms with Crippen molar-refractivity contribution in [1.29, 1.82) is 0 Å². The summed E-state index contributed by atoms with van der Waals surface area (Å²) in [5, 5.41) is 5.82. The van der Waals surface area contributed by atoms with Gasteiger partial charge < -0.3 is 5.32 Å². The summed E-state index contributed by atoms with van der Waals surface area (Å²) < 4.78 is 1.10. The van der Waals surface area contributed by atoms with Gasteiger partial charge in [0.25, 0.3) is 0 Å². The predicted octanol–water partition coefficient (Wildman–Crippen LogP) is 4.00. The van der Waals surface area contributed by atoms with Gasteiger partial charge in [0.15, 0.2) is 0 Å². The standard InChI is InChI=1S/C15H12BrN3/c16-14-3-1-13-6-15(4-2-12(13)5-14)19-9-11-7-17-10-18-8-11/h1-8,10,19H,9H2. The molecular weight excluding hydrogens is 302 g/mol. The minimum Gasteiger partial charge on any atom is -0.381 e. The van der Waals surface area contributed by atoms with E-state index >= 15 is 0 Å². The third kappa shape index (κ3) is 2.90. The lowest BCUT2D eigenvalue weighted by Gasteiger charge is -2.07. The number of hydrogen-bond acceptors (Lipinski definition) is 3. The van der Waals surface area contributed by atoms with Gasteiger partial charge in [-0.1, -0.05) is 28.1 Å². The highest BCUT2D eigenvalue weighted by Crippen LogP contribution is 2.23. The van der Waals surface area contributed by atoms with E-state index in [4.69, 9.17) is 0 Å². The number of anilines is 1. The molecule has 0 aliphatic carbocycles. The Morgan fingerprint density at radius 3 is 2.53 bits per heavy atom. The van der Waals surface area contributed by atoms with Crippen LogP contribution in [-0.4, -0.2) is 9.97 Å². The fourth-order valence-electron chi connectivity index (χ4n) is 1.95. The second kappa shape index (κ2) is 5.36. The molecule has 1 aromatic heterocycles. The van der Waals surface area contributed by atoms with E-state index in [1.165, 1.54) is 17.1 Å². The van der Waals surface area contributed by atoms with Gasteiger partial charge in [0, 0.05) is 34.7 Å². The fourth-order valence-corrected chi connectivity index (χ4v) is 2.33. The monoisotopic (exact) mass is 313 g/mol. The number of nitrogens with one attached hydrogen (secondary N) is 1. The summed E-state index contributed by atoms with van der Waals surface area (Å²) in [6, 6.07) is 12.6. The topological polar surface area (TPSA) is 37.8 Å². The zero-order valence-corrected chi connectivity index (χ0v) is 11.8. The first kappa shape index (κ1) is 12.1. The Morgan fingerprint density at radius 1 is 0.947 bits per heavy atom. The minimum atomic E-state index is 0.725. The van der Waals surface area contributed by atoms with E-state index in [9.17, 15) is 0 Å². The quantitative estimate of drug-likeness (QED) is 0.794. The molecule has 4 heteroatoms. The van der Waals surface area contributed by atoms with Crippen molar-refractivity contribution in [2.75, 3.05) is 5.32 Å². The zero-order chi connectivity index (χ0) is 13.1. The third-order valence-electron chi connectivity index (χ3n) is 2.91. The number of nitrogens with zero attached hydrogens (tertiary/aromatic N) is 2. The van der Waals surface area contributed by atoms with Gasteiger partial charge in [-0.25, -0.2) is 9.97 Å². The zero-order valence-electron chi connectivity index (χ0n) is 10.2. The summed E-state index contributed by atoms with van der Waals surface area (Å²) >= 11 is 3.48. The van der Waals surface area contributed by atoms with Crippen LogP contribution in [0.3, 0.4) is 0 Å². The molecule has 2 aromatic carbocycles. The molecule has 0 amide bonds. The molecule has 19 heavy (non-hydrogen) atoms. The summed E-state index contributed by atoms with van der Waals surface area (Å²) in [5.41, 5.74) is 2.16. The van der Waals surface area contributed by atoms with Crippen LogP contribution in [0.1, 0.15) is 5.56 Å². The summed E-state index contributed by atoms with van der Waals surface area (Å²) in [6.07, 6.45) is 5.17. The van der Waals surface area contributed by atoms with Gasteiger partial charge in [0.05, 0.1) is 0 Å². The smallest absolute Gasteiger partial charge is 0.115 e. The molecule has 0 unspecified atom stereocenters. The van der Waals surface area contributed by atoms with E-state index in [0.29, 0.717) is 0 Å². The van der Waals surface area contributed by atoms with E-state index in [-0.39, 0.29) is 0 Å². The van der Waals surface area contributed by atoms with Crippen LogP contribution in [0.5, 0.6) is 0 Å². The van der Waals surface area contributed by atoms with Crippen LogP contribution in [-0.2, 0) is 6.54 Å². The average molecular weight is 314 g/mol. The van der Waals surface area contributed by atoms with Crippen LogP contribution in [0.15, 0.2) is 59.6 Å². The third-order valence-corrected chi connectivity index (χ3v) is 3.41. The van der Waals surface area contributed by atoms with E-state index < -0.39 is 0 Å². The minimum absolute atomic E-state index is 0.725. The maximum absolute atomic E-state index is 4.00. The first-order valence-corrected chi connectivity index (χ1v) is 6.78. The van der Waals surface area contributed by atoms with Crippen LogP contribution in [0.4, 0.5) is 5.69 Å². The SMILES string of the molecule is Brc1ccc2cc(NCc3cncnc3)ccc2c1. The second-order valence-corrected chi connectivity index (χ2v) is 5.22. The molecule has 94 valence electrons. The largest absolute Gasteiger partial charge is 0.381 e. The molecule has 0 fully saturated rings. The number of fused-ring (bicyclic) bond motifs is 1. The first-order valence-electron chi connectivity index (χ1n) is 5.98. The van der Waals surface area contributed by atoms with E-state index in [2.05, 4.69) is 67.6 Å². The predicted molar refractivity (Wildman–Crippen MR) is 81.0 cm³/mol. The molecule has 1 heterocycles. The summed E-state index contributed by atoms with van der Waals surface area (Å²) in [7, 11) is 0. The number of aromatic nitrogens is 2. The maximum atomic E-state index is 4.00. The normalized spacial score (nSPS) is 10.6. The lowest BCUT2D eigenvalue weighted by molar-refractivity contribution is 1.05. The van der Waals surface area contributed by atoms with E-state index in [0.717, 1.165) is 22.3 Å². The molecule has 0 aliphatic rings. The fraction of sp³-hybridized carbons (Fsp3) is 0.0667. The van der Waals surface area contributed by atoms with Gasteiger partial charge in [-0.15, -0.1) is 0 Å². The van der Waals surface area contributed by atoms with Gasteiger partial charge in [-0.05, 0) is 35.0 Å². The molecule has 0 radical (unpaired) electrons. The lowest BCUT2D eigenvalue weighted by Crippen LogP contribution is -2.00. The molecule has 0 saturated heterocycles. The number of halogens is 1. The molecule has 3 aromatic rings. The molecule has 0 bridgehead atoms. The number of hydrogen-bond donors (Lipinski definition) is 1. The second-order valence-electron chi connectivity index (χ2n) is 4.31. The van der Waals surface area contributed by atoms with Crippen molar-refractivity contribution in [1.82, 2.24) is 9.97 Å². The van der Waals surface area contributed by atoms with Crippen LogP contribution in [0, 0.1) is 0 Å². The van der Waals surface area contributed by atoms with Crippen LogP contribution in [0.25, 0.3) is 10.8 Å². The Morgan fingerprint density at radius 2 is 1.68 bits per heavy atom. The molecule has 0 spiro atoms. The van der Waals surface area contributed by atoms with Gasteiger partial charge in [-0.2, -0.15) is 0 Å². The molecule has 0 saturated carbocycles. The van der Waals surface area contributed by atoms with Crippen molar-refractivity contribution in [3.8, 4) is 0 Å². The summed E-state index contributed by atoms with van der Waals surface area (Å²) in [5.74, 6) is 0. The van der Waals surface area contributed by atoms with Crippen molar-refractivity contribution < 1.29 is 0 Å². The Balaban J connectivity index is 1.80. The van der Waals surface area contributed by atoms with Crippen molar-refractivity contribution in [2.24, 2.45) is 0 Å². The molecule has 3 nitrogen and oxygen atoms in total. The van der Waals surface area contributed by atoms with Gasteiger partial charge >= 0.3 is 0 Å². The Bertz CT molecular complexity index is 698. The Hall–Kier alpha value is -1.94. The van der Waals surface area contributed by atoms with Crippen molar-refractivity contribution in [3.63, 3.8) is 0 Å². The van der Waals surface area contributed by atoms with Crippen LogP contribution >= 0.6 is 15.9 Å². The lowest BCUT2D eigenvalue weighted by atomic mass is 10.1. The van der Waals surface area contributed by atoms with Gasteiger partial charge in [-0.3, -0.25) is 0 Å². The Labute approximate surface area is 119 Å². The van der Waals surface area contributed by atoms with Gasteiger partial charge in [0.2, 0.25) is 0 Å². The molecule has 0 aliphatic heterocycles. The van der Waals surface area contributed by atoms with Crippen LogP contribution in [0.2, 0.25) is 0 Å². The summed E-state index contributed by atoms with van der Waals surface area (Å²) in [6.45, 7) is 0.725. The summed E-state index contributed by atoms with van der Waals surface area (Å²) in [4.78, 5) is 8.00.